The summed E-state index contributed by atoms with van der Waals surface area (Å²) in [5.74, 6) is -1.06. The fourth-order valence-corrected chi connectivity index (χ4v) is 1.89. The number of amides is 1. The molecule has 0 unspecified atom stereocenters. The molecule has 0 bridgehead atoms. The molecule has 0 radical (unpaired) electrons. The SMILES string of the molecule is O=C(N[C@H](CO)Cc1ccc(O)cc1)c1ccnc(F)c1. The fraction of sp³-hybridized carbons (Fsp3) is 0.200. The van der Waals surface area contributed by atoms with Gasteiger partial charge in [0.1, 0.15) is 5.75 Å². The third-order valence-corrected chi connectivity index (χ3v) is 2.96. The summed E-state index contributed by atoms with van der Waals surface area (Å²) in [5, 5.41) is 21.2. The van der Waals surface area contributed by atoms with Crippen molar-refractivity contribution < 1.29 is 19.4 Å². The smallest absolute Gasteiger partial charge is 0.251 e. The van der Waals surface area contributed by atoms with Gasteiger partial charge in [0.05, 0.1) is 12.6 Å². The van der Waals surface area contributed by atoms with Crippen molar-refractivity contribution >= 4 is 5.91 Å². The molecule has 0 saturated heterocycles. The number of hydrogen-bond donors (Lipinski definition) is 3. The molecule has 2 aromatic rings. The number of pyridine rings is 1. The van der Waals surface area contributed by atoms with Crippen molar-refractivity contribution in [2.24, 2.45) is 0 Å². The van der Waals surface area contributed by atoms with E-state index in [1.165, 1.54) is 24.4 Å². The van der Waals surface area contributed by atoms with E-state index in [1.54, 1.807) is 12.1 Å². The van der Waals surface area contributed by atoms with Crippen LogP contribution in [0.1, 0.15) is 15.9 Å². The number of phenolic OH excluding ortho intramolecular Hbond substituents is 1. The molecule has 1 heterocycles. The lowest BCUT2D eigenvalue weighted by Crippen LogP contribution is -2.39. The number of aromatic hydroxyl groups is 1. The minimum atomic E-state index is -0.735. The maximum atomic E-state index is 13.0. The molecule has 2 rings (SSSR count). The maximum absolute atomic E-state index is 13.0. The Hall–Kier alpha value is -2.47. The van der Waals surface area contributed by atoms with E-state index >= 15 is 0 Å². The molecule has 0 aliphatic rings. The molecule has 21 heavy (non-hydrogen) atoms. The van der Waals surface area contributed by atoms with Crippen LogP contribution in [0.15, 0.2) is 42.6 Å². The molecule has 5 nitrogen and oxygen atoms in total. The Bertz CT molecular complexity index is 617. The Kier molecular flexibility index (Phi) is 4.84. The van der Waals surface area contributed by atoms with Crippen molar-refractivity contribution in [2.45, 2.75) is 12.5 Å². The highest BCUT2D eigenvalue weighted by atomic mass is 19.1. The van der Waals surface area contributed by atoms with Crippen LogP contribution in [0, 0.1) is 5.95 Å². The molecule has 0 saturated carbocycles. The number of aliphatic hydroxyl groups excluding tert-OH is 1. The number of halogens is 1. The third-order valence-electron chi connectivity index (χ3n) is 2.96. The topological polar surface area (TPSA) is 82.5 Å². The molecule has 110 valence electrons. The first kappa shape index (κ1) is 14.9. The molecule has 6 heteroatoms. The molecule has 1 aromatic heterocycles. The molecule has 1 amide bonds. The van der Waals surface area contributed by atoms with Crippen molar-refractivity contribution in [3.63, 3.8) is 0 Å². The molecule has 0 spiro atoms. The number of nitrogens with zero attached hydrogens (tertiary/aromatic N) is 1. The lowest BCUT2D eigenvalue weighted by molar-refractivity contribution is 0.0916. The molecule has 0 aliphatic carbocycles. The van der Waals surface area contributed by atoms with Crippen molar-refractivity contribution in [1.82, 2.24) is 10.3 Å². The van der Waals surface area contributed by atoms with Gasteiger partial charge in [-0.1, -0.05) is 12.1 Å². The molecule has 0 fully saturated rings. The van der Waals surface area contributed by atoms with E-state index in [1.807, 2.05) is 0 Å². The highest BCUT2D eigenvalue weighted by molar-refractivity contribution is 5.94. The van der Waals surface area contributed by atoms with Gasteiger partial charge in [0.15, 0.2) is 0 Å². The summed E-state index contributed by atoms with van der Waals surface area (Å²) in [6, 6.07) is 8.40. The van der Waals surface area contributed by atoms with Crippen LogP contribution in [-0.4, -0.2) is 33.8 Å². The van der Waals surface area contributed by atoms with Crippen molar-refractivity contribution in [3.05, 3.63) is 59.7 Å². The Labute approximate surface area is 121 Å². The number of hydrogen-bond acceptors (Lipinski definition) is 4. The van der Waals surface area contributed by atoms with Gasteiger partial charge in [-0.15, -0.1) is 0 Å². The summed E-state index contributed by atoms with van der Waals surface area (Å²) in [6.45, 7) is -0.250. The van der Waals surface area contributed by atoms with E-state index < -0.39 is 17.9 Å². The van der Waals surface area contributed by atoms with Crippen molar-refractivity contribution in [3.8, 4) is 5.75 Å². The first-order valence-corrected chi connectivity index (χ1v) is 6.39. The molecule has 0 aliphatic heterocycles. The van der Waals surface area contributed by atoms with E-state index in [4.69, 9.17) is 0 Å². The van der Waals surface area contributed by atoms with Gasteiger partial charge in [-0.05, 0) is 30.2 Å². The number of aliphatic hydroxyl groups is 1. The second kappa shape index (κ2) is 6.81. The van der Waals surface area contributed by atoms with Crippen LogP contribution < -0.4 is 5.32 Å². The van der Waals surface area contributed by atoms with Gasteiger partial charge in [-0.2, -0.15) is 4.39 Å². The molecule has 1 aromatic carbocycles. The predicted octanol–water partition coefficient (Wildman–Crippen LogP) is 1.26. The number of benzene rings is 1. The van der Waals surface area contributed by atoms with Crippen LogP contribution in [0.2, 0.25) is 0 Å². The van der Waals surface area contributed by atoms with Crippen LogP contribution in [0.5, 0.6) is 5.75 Å². The fourth-order valence-electron chi connectivity index (χ4n) is 1.89. The first-order valence-electron chi connectivity index (χ1n) is 6.39. The number of carbonyl (C=O) groups excluding carboxylic acids is 1. The summed E-state index contributed by atoms with van der Waals surface area (Å²) in [4.78, 5) is 15.3. The molecular weight excluding hydrogens is 275 g/mol. The van der Waals surface area contributed by atoms with Gasteiger partial charge < -0.3 is 15.5 Å². The highest BCUT2D eigenvalue weighted by Crippen LogP contribution is 2.11. The maximum Gasteiger partial charge on any atom is 0.251 e. The monoisotopic (exact) mass is 290 g/mol. The van der Waals surface area contributed by atoms with E-state index in [0.717, 1.165) is 11.6 Å². The lowest BCUT2D eigenvalue weighted by Gasteiger charge is -2.16. The average molecular weight is 290 g/mol. The van der Waals surface area contributed by atoms with Crippen LogP contribution in [0.25, 0.3) is 0 Å². The van der Waals surface area contributed by atoms with Gasteiger partial charge in [0.25, 0.3) is 5.91 Å². The van der Waals surface area contributed by atoms with Gasteiger partial charge in [0.2, 0.25) is 5.95 Å². The third kappa shape index (κ3) is 4.25. The second-order valence-corrected chi connectivity index (χ2v) is 4.59. The summed E-state index contributed by atoms with van der Waals surface area (Å²) in [5.41, 5.74) is 1.000. The van der Waals surface area contributed by atoms with Gasteiger partial charge in [0, 0.05) is 17.8 Å². The molecule has 3 N–H and O–H groups in total. The van der Waals surface area contributed by atoms with Crippen molar-refractivity contribution in [2.75, 3.05) is 6.61 Å². The largest absolute Gasteiger partial charge is 0.508 e. The summed E-state index contributed by atoms with van der Waals surface area (Å²) in [7, 11) is 0. The minimum absolute atomic E-state index is 0.145. The summed E-state index contributed by atoms with van der Waals surface area (Å²) in [6.07, 6.45) is 1.61. The van der Waals surface area contributed by atoms with Gasteiger partial charge in [-0.3, -0.25) is 4.79 Å². The van der Waals surface area contributed by atoms with Crippen LogP contribution >= 0.6 is 0 Å². The van der Waals surface area contributed by atoms with E-state index in [-0.39, 0.29) is 17.9 Å². The van der Waals surface area contributed by atoms with Gasteiger partial charge in [-0.25, -0.2) is 4.98 Å². The number of phenols is 1. The predicted molar refractivity (Wildman–Crippen MR) is 74.3 cm³/mol. The van der Waals surface area contributed by atoms with Crippen LogP contribution in [0.4, 0.5) is 4.39 Å². The van der Waals surface area contributed by atoms with Gasteiger partial charge >= 0.3 is 0 Å². The van der Waals surface area contributed by atoms with Crippen LogP contribution in [0.3, 0.4) is 0 Å². The lowest BCUT2D eigenvalue weighted by atomic mass is 10.1. The summed E-state index contributed by atoms with van der Waals surface area (Å²) < 4.78 is 13.0. The van der Waals surface area contributed by atoms with E-state index in [0.29, 0.717) is 6.42 Å². The zero-order valence-corrected chi connectivity index (χ0v) is 11.2. The Morgan fingerprint density at radius 3 is 2.62 bits per heavy atom. The van der Waals surface area contributed by atoms with E-state index in [9.17, 15) is 19.4 Å². The zero-order valence-electron chi connectivity index (χ0n) is 11.2. The Balaban J connectivity index is 2.01. The zero-order chi connectivity index (χ0) is 15.2. The second-order valence-electron chi connectivity index (χ2n) is 4.59. The molecule has 1 atom stereocenters. The normalized spacial score (nSPS) is 11.9. The standard InChI is InChI=1S/C15H15FN2O3/c16-14-8-11(5-6-17-14)15(21)18-12(9-19)7-10-1-3-13(20)4-2-10/h1-6,8,12,19-20H,7,9H2,(H,18,21)/t12-/m0/s1. The minimum Gasteiger partial charge on any atom is -0.508 e. The molecular formula is C15H15FN2O3. The van der Waals surface area contributed by atoms with E-state index in [2.05, 4.69) is 10.3 Å². The number of carbonyl (C=O) groups is 1. The van der Waals surface area contributed by atoms with Crippen LogP contribution in [-0.2, 0) is 6.42 Å². The number of aromatic nitrogens is 1. The number of nitrogens with one attached hydrogen (secondary N) is 1. The summed E-state index contributed by atoms with van der Waals surface area (Å²) >= 11 is 0. The Morgan fingerprint density at radius 2 is 2.00 bits per heavy atom. The number of rotatable bonds is 5. The average Bonchev–Trinajstić information content (AvgIpc) is 2.48. The first-order chi connectivity index (χ1) is 10.1. The highest BCUT2D eigenvalue weighted by Gasteiger charge is 2.14. The Morgan fingerprint density at radius 1 is 1.29 bits per heavy atom. The van der Waals surface area contributed by atoms with Crippen molar-refractivity contribution in [1.29, 1.82) is 0 Å². The quantitative estimate of drug-likeness (QED) is 0.724.